The maximum atomic E-state index is 13.1. The molecule has 3 aromatic rings. The van der Waals surface area contributed by atoms with Crippen molar-refractivity contribution in [2.24, 2.45) is 0 Å². The van der Waals surface area contributed by atoms with Crippen LogP contribution in [0.15, 0.2) is 47.4 Å². The van der Waals surface area contributed by atoms with Crippen molar-refractivity contribution in [1.29, 1.82) is 5.26 Å². The molecule has 0 saturated carbocycles. The van der Waals surface area contributed by atoms with E-state index in [2.05, 4.69) is 18.0 Å². The van der Waals surface area contributed by atoms with Crippen molar-refractivity contribution in [3.8, 4) is 6.07 Å². The molecule has 2 aromatic carbocycles. The second-order valence-corrected chi connectivity index (χ2v) is 9.83. The van der Waals surface area contributed by atoms with Crippen LogP contribution < -0.4 is 0 Å². The first-order valence-electron chi connectivity index (χ1n) is 10.4. The maximum absolute atomic E-state index is 13.1. The Labute approximate surface area is 192 Å². The van der Waals surface area contributed by atoms with E-state index in [1.54, 1.807) is 42.5 Å². The van der Waals surface area contributed by atoms with Crippen molar-refractivity contribution in [3.63, 3.8) is 0 Å². The molecular formula is C23H23ClN4O3S. The standard InChI is InChI=1S/C23H23ClN4O3S/c1-2-8-28-22-7-6-19(32(29,30)27-9-11-31-12-10-27)15-21(22)26-23(28)20(24)14-17-4-3-5-18(13-17)16-25/h3-7,13-15H,2,8-12H2,1H3/b20-14-. The molecule has 166 valence electrons. The summed E-state index contributed by atoms with van der Waals surface area (Å²) >= 11 is 6.65. The molecular weight excluding hydrogens is 448 g/mol. The van der Waals surface area contributed by atoms with E-state index in [9.17, 15) is 8.42 Å². The fourth-order valence-corrected chi connectivity index (χ4v) is 5.45. The van der Waals surface area contributed by atoms with Crippen LogP contribution >= 0.6 is 11.6 Å². The summed E-state index contributed by atoms with van der Waals surface area (Å²) in [6, 6.07) is 14.3. The molecule has 0 atom stereocenters. The smallest absolute Gasteiger partial charge is 0.243 e. The van der Waals surface area contributed by atoms with E-state index in [-0.39, 0.29) is 4.90 Å². The lowest BCUT2D eigenvalue weighted by Gasteiger charge is -2.26. The molecule has 0 unspecified atom stereocenters. The highest BCUT2D eigenvalue weighted by Gasteiger charge is 2.27. The van der Waals surface area contributed by atoms with Crippen LogP contribution in [0.25, 0.3) is 22.1 Å². The number of fused-ring (bicyclic) bond motifs is 1. The van der Waals surface area contributed by atoms with Gasteiger partial charge in [0.25, 0.3) is 0 Å². The maximum Gasteiger partial charge on any atom is 0.243 e. The van der Waals surface area contributed by atoms with E-state index in [0.29, 0.717) is 54.8 Å². The number of aromatic nitrogens is 2. The summed E-state index contributed by atoms with van der Waals surface area (Å²) in [7, 11) is -3.62. The first kappa shape index (κ1) is 22.5. The molecule has 1 fully saturated rings. The highest BCUT2D eigenvalue weighted by atomic mass is 35.5. The minimum atomic E-state index is -3.62. The highest BCUT2D eigenvalue weighted by Crippen LogP contribution is 2.29. The molecule has 1 aliphatic rings. The minimum absolute atomic E-state index is 0.210. The molecule has 1 saturated heterocycles. The normalized spacial score (nSPS) is 15.7. The molecule has 0 N–H and O–H groups in total. The lowest BCUT2D eigenvalue weighted by atomic mass is 10.1. The monoisotopic (exact) mass is 470 g/mol. The van der Waals surface area contributed by atoms with E-state index in [1.807, 2.05) is 10.6 Å². The SMILES string of the molecule is CCCn1c(/C(Cl)=C/c2cccc(C#N)c2)nc2cc(S(=O)(=O)N3CCOCC3)ccc21. The number of nitrogens with zero attached hydrogens (tertiary/aromatic N) is 4. The van der Waals surface area contributed by atoms with E-state index >= 15 is 0 Å². The molecule has 4 rings (SSSR count). The quantitative estimate of drug-likeness (QED) is 0.541. The number of rotatable bonds is 6. The van der Waals surface area contributed by atoms with Crippen LogP contribution in [0.1, 0.15) is 30.3 Å². The van der Waals surface area contributed by atoms with Crippen LogP contribution in [0.2, 0.25) is 0 Å². The lowest BCUT2D eigenvalue weighted by Crippen LogP contribution is -2.40. The van der Waals surface area contributed by atoms with Crippen LogP contribution in [0, 0.1) is 11.3 Å². The summed E-state index contributed by atoms with van der Waals surface area (Å²) in [5.74, 6) is 0.562. The number of hydrogen-bond acceptors (Lipinski definition) is 5. The van der Waals surface area contributed by atoms with Crippen molar-refractivity contribution in [2.75, 3.05) is 26.3 Å². The van der Waals surface area contributed by atoms with Gasteiger partial charge in [0.2, 0.25) is 10.0 Å². The Hall–Kier alpha value is -2.70. The number of ether oxygens (including phenoxy) is 1. The number of sulfonamides is 1. The number of aryl methyl sites for hydroxylation is 1. The average Bonchev–Trinajstić information content (AvgIpc) is 3.18. The molecule has 9 heteroatoms. The van der Waals surface area contributed by atoms with Gasteiger partial charge in [0, 0.05) is 19.6 Å². The minimum Gasteiger partial charge on any atom is -0.379 e. The van der Waals surface area contributed by atoms with Gasteiger partial charge in [0.1, 0.15) is 0 Å². The van der Waals surface area contributed by atoms with Crippen molar-refractivity contribution in [3.05, 3.63) is 59.4 Å². The summed E-state index contributed by atoms with van der Waals surface area (Å²) in [5.41, 5.74) is 2.73. The van der Waals surface area contributed by atoms with Gasteiger partial charge in [-0.3, -0.25) is 0 Å². The molecule has 0 amide bonds. The molecule has 0 radical (unpaired) electrons. The highest BCUT2D eigenvalue weighted by molar-refractivity contribution is 7.89. The fraction of sp³-hybridized carbons (Fsp3) is 0.304. The molecule has 0 spiro atoms. The van der Waals surface area contributed by atoms with Gasteiger partial charge < -0.3 is 9.30 Å². The predicted molar refractivity (Wildman–Crippen MR) is 124 cm³/mol. The number of imidazole rings is 1. The van der Waals surface area contributed by atoms with Gasteiger partial charge in [-0.05, 0) is 48.4 Å². The fourth-order valence-electron chi connectivity index (χ4n) is 3.75. The van der Waals surface area contributed by atoms with Crippen molar-refractivity contribution >= 4 is 43.8 Å². The molecule has 1 aromatic heterocycles. The Morgan fingerprint density at radius 1 is 1.25 bits per heavy atom. The van der Waals surface area contributed by atoms with Crippen molar-refractivity contribution in [1.82, 2.24) is 13.9 Å². The Morgan fingerprint density at radius 2 is 2.03 bits per heavy atom. The van der Waals surface area contributed by atoms with Crippen molar-refractivity contribution in [2.45, 2.75) is 24.8 Å². The predicted octanol–water partition coefficient (Wildman–Crippen LogP) is 4.08. The zero-order chi connectivity index (χ0) is 22.7. The first-order valence-corrected chi connectivity index (χ1v) is 12.2. The van der Waals surface area contributed by atoms with Gasteiger partial charge in [-0.1, -0.05) is 30.7 Å². The second kappa shape index (κ2) is 9.43. The molecule has 7 nitrogen and oxygen atoms in total. The van der Waals surface area contributed by atoms with E-state index < -0.39 is 10.0 Å². The number of nitriles is 1. The zero-order valence-electron chi connectivity index (χ0n) is 17.7. The number of halogens is 1. The van der Waals surface area contributed by atoms with Gasteiger partial charge in [0.15, 0.2) is 5.82 Å². The van der Waals surface area contributed by atoms with E-state index in [0.717, 1.165) is 17.5 Å². The molecule has 32 heavy (non-hydrogen) atoms. The Bertz CT molecular complexity index is 1320. The Balaban J connectivity index is 1.77. The first-order chi connectivity index (χ1) is 15.4. The Morgan fingerprint density at radius 3 is 2.75 bits per heavy atom. The third-order valence-corrected chi connectivity index (χ3v) is 7.47. The van der Waals surface area contributed by atoms with Crippen LogP contribution in [0.5, 0.6) is 0 Å². The largest absolute Gasteiger partial charge is 0.379 e. The zero-order valence-corrected chi connectivity index (χ0v) is 19.2. The van der Waals surface area contributed by atoms with Crippen molar-refractivity contribution < 1.29 is 13.2 Å². The summed E-state index contributed by atoms with van der Waals surface area (Å²) < 4.78 is 34.8. The van der Waals surface area contributed by atoms with Crippen LogP contribution in [0.3, 0.4) is 0 Å². The summed E-state index contributed by atoms with van der Waals surface area (Å²) in [6.07, 6.45) is 2.63. The van der Waals surface area contributed by atoms with Gasteiger partial charge >= 0.3 is 0 Å². The van der Waals surface area contributed by atoms with Crippen LogP contribution in [-0.4, -0.2) is 48.6 Å². The van der Waals surface area contributed by atoms with Gasteiger partial charge in [-0.25, -0.2) is 13.4 Å². The molecule has 0 bridgehead atoms. The topological polar surface area (TPSA) is 88.2 Å². The summed E-state index contributed by atoms with van der Waals surface area (Å²) in [5, 5.41) is 9.55. The number of hydrogen-bond donors (Lipinski definition) is 0. The van der Waals surface area contributed by atoms with E-state index in [1.165, 1.54) is 4.31 Å². The average molecular weight is 471 g/mol. The molecule has 0 aliphatic carbocycles. The molecule has 2 heterocycles. The van der Waals surface area contributed by atoms with Gasteiger partial charge in [-0.2, -0.15) is 9.57 Å². The third-order valence-electron chi connectivity index (χ3n) is 5.30. The Kier molecular flexibility index (Phi) is 6.63. The van der Waals surface area contributed by atoms with Gasteiger partial charge in [0.05, 0.1) is 45.8 Å². The number of benzene rings is 2. The summed E-state index contributed by atoms with van der Waals surface area (Å²) in [6.45, 7) is 4.21. The number of morpholine rings is 1. The lowest BCUT2D eigenvalue weighted by molar-refractivity contribution is 0.0730. The second-order valence-electron chi connectivity index (χ2n) is 7.48. The summed E-state index contributed by atoms with van der Waals surface area (Å²) in [4.78, 5) is 4.89. The third kappa shape index (κ3) is 4.43. The van der Waals surface area contributed by atoms with Crippen LogP contribution in [-0.2, 0) is 21.3 Å². The van der Waals surface area contributed by atoms with E-state index in [4.69, 9.17) is 21.6 Å². The van der Waals surface area contributed by atoms with Gasteiger partial charge in [-0.15, -0.1) is 0 Å². The molecule has 1 aliphatic heterocycles. The van der Waals surface area contributed by atoms with Crippen LogP contribution in [0.4, 0.5) is 0 Å².